The van der Waals surface area contributed by atoms with Gasteiger partial charge >= 0.3 is 0 Å². The molecule has 0 amide bonds. The summed E-state index contributed by atoms with van der Waals surface area (Å²) in [4.78, 5) is 2.24. The van der Waals surface area contributed by atoms with E-state index in [4.69, 9.17) is 11.6 Å². The number of aromatic nitrogens is 2. The Labute approximate surface area is 140 Å². The lowest BCUT2D eigenvalue weighted by molar-refractivity contribution is 0.106. The van der Waals surface area contributed by atoms with E-state index in [0.29, 0.717) is 11.7 Å². The molecule has 1 aliphatic rings. The normalized spacial score (nSPS) is 20.1. The van der Waals surface area contributed by atoms with Crippen molar-refractivity contribution in [3.05, 3.63) is 52.1 Å². The first kappa shape index (κ1) is 16.4. The molecular formula is C17H21ClFN3O. The summed E-state index contributed by atoms with van der Waals surface area (Å²) in [5, 5.41) is 15.5. The van der Waals surface area contributed by atoms with Crippen LogP contribution >= 0.6 is 11.6 Å². The van der Waals surface area contributed by atoms with Gasteiger partial charge in [-0.05, 0) is 44.0 Å². The van der Waals surface area contributed by atoms with Crippen molar-refractivity contribution in [3.63, 3.8) is 0 Å². The second kappa shape index (κ2) is 6.59. The van der Waals surface area contributed by atoms with Crippen molar-refractivity contribution in [1.29, 1.82) is 0 Å². The topological polar surface area (TPSA) is 41.3 Å². The quantitative estimate of drug-likeness (QED) is 0.929. The zero-order valence-electron chi connectivity index (χ0n) is 13.3. The molecule has 0 bridgehead atoms. The van der Waals surface area contributed by atoms with Gasteiger partial charge < -0.3 is 5.11 Å². The van der Waals surface area contributed by atoms with E-state index in [1.807, 2.05) is 14.0 Å². The number of likely N-dealkylation sites (tertiary alicyclic amines) is 1. The van der Waals surface area contributed by atoms with Crippen LogP contribution in [0.4, 0.5) is 4.39 Å². The van der Waals surface area contributed by atoms with Gasteiger partial charge in [0.25, 0.3) is 0 Å². The monoisotopic (exact) mass is 337 g/mol. The predicted octanol–water partition coefficient (Wildman–Crippen LogP) is 3.39. The van der Waals surface area contributed by atoms with Gasteiger partial charge in [0.2, 0.25) is 0 Å². The molecule has 0 radical (unpaired) electrons. The summed E-state index contributed by atoms with van der Waals surface area (Å²) in [5.74, 6) is -0.294. The van der Waals surface area contributed by atoms with Crippen molar-refractivity contribution >= 4 is 11.6 Å². The standard InChI is InChI=1S/C17H21ClFN3O/c1-11-16(17(18)21(2)20-11)14-4-3-9-22(14)10-15(23)12-5-7-13(19)8-6-12/h5-8,14-15,23H,3-4,9-10H2,1-2H3. The summed E-state index contributed by atoms with van der Waals surface area (Å²) in [7, 11) is 1.84. The van der Waals surface area contributed by atoms with Gasteiger partial charge in [0.15, 0.2) is 0 Å². The minimum Gasteiger partial charge on any atom is -0.387 e. The number of aryl methyl sites for hydroxylation is 2. The molecule has 1 aliphatic heterocycles. The van der Waals surface area contributed by atoms with Crippen molar-refractivity contribution in [2.75, 3.05) is 13.1 Å². The van der Waals surface area contributed by atoms with Gasteiger partial charge in [-0.1, -0.05) is 23.7 Å². The number of aliphatic hydroxyl groups excluding tert-OH is 1. The second-order valence-electron chi connectivity index (χ2n) is 6.13. The van der Waals surface area contributed by atoms with Gasteiger partial charge in [0, 0.05) is 25.2 Å². The van der Waals surface area contributed by atoms with E-state index in [1.165, 1.54) is 12.1 Å². The van der Waals surface area contributed by atoms with Crippen molar-refractivity contribution in [2.45, 2.75) is 31.9 Å². The molecule has 124 valence electrons. The van der Waals surface area contributed by atoms with Crippen LogP contribution in [0.2, 0.25) is 5.15 Å². The van der Waals surface area contributed by atoms with Crippen molar-refractivity contribution in [3.8, 4) is 0 Å². The highest BCUT2D eigenvalue weighted by Gasteiger charge is 2.32. The minimum atomic E-state index is -0.646. The zero-order chi connectivity index (χ0) is 16.6. The van der Waals surface area contributed by atoms with E-state index in [-0.39, 0.29) is 11.9 Å². The Bertz CT molecular complexity index is 686. The molecule has 1 aromatic carbocycles. The molecule has 1 fully saturated rings. The van der Waals surface area contributed by atoms with Crippen LogP contribution in [0.25, 0.3) is 0 Å². The molecule has 23 heavy (non-hydrogen) atoms. The van der Waals surface area contributed by atoms with Gasteiger partial charge in [-0.15, -0.1) is 0 Å². The van der Waals surface area contributed by atoms with Crippen molar-refractivity contribution in [1.82, 2.24) is 14.7 Å². The van der Waals surface area contributed by atoms with Crippen LogP contribution in [0.3, 0.4) is 0 Å². The fourth-order valence-corrected chi connectivity index (χ4v) is 3.71. The first-order valence-electron chi connectivity index (χ1n) is 7.84. The highest BCUT2D eigenvalue weighted by atomic mass is 35.5. The molecule has 6 heteroatoms. The van der Waals surface area contributed by atoms with E-state index in [1.54, 1.807) is 16.8 Å². The van der Waals surface area contributed by atoms with Gasteiger partial charge in [0.1, 0.15) is 11.0 Å². The number of aliphatic hydroxyl groups is 1. The largest absolute Gasteiger partial charge is 0.387 e. The van der Waals surface area contributed by atoms with Crippen LogP contribution in [0, 0.1) is 12.7 Å². The lowest BCUT2D eigenvalue weighted by atomic mass is 10.0. The fourth-order valence-electron chi connectivity index (χ4n) is 3.41. The maximum absolute atomic E-state index is 13.0. The van der Waals surface area contributed by atoms with Crippen LogP contribution in [0.15, 0.2) is 24.3 Å². The van der Waals surface area contributed by atoms with Crippen molar-refractivity contribution in [2.24, 2.45) is 7.05 Å². The smallest absolute Gasteiger partial charge is 0.131 e. The summed E-state index contributed by atoms with van der Waals surface area (Å²) in [6.45, 7) is 3.38. The number of benzene rings is 1. The zero-order valence-corrected chi connectivity index (χ0v) is 14.1. The predicted molar refractivity (Wildman–Crippen MR) is 87.9 cm³/mol. The molecule has 2 heterocycles. The number of hydrogen-bond donors (Lipinski definition) is 1. The van der Waals surface area contributed by atoms with Crippen LogP contribution < -0.4 is 0 Å². The molecule has 0 saturated carbocycles. The average molecular weight is 338 g/mol. The van der Waals surface area contributed by atoms with E-state index >= 15 is 0 Å². The molecule has 3 rings (SSSR count). The van der Waals surface area contributed by atoms with E-state index in [9.17, 15) is 9.50 Å². The summed E-state index contributed by atoms with van der Waals surface area (Å²) in [6.07, 6.45) is 1.42. The third kappa shape index (κ3) is 3.27. The summed E-state index contributed by atoms with van der Waals surface area (Å²) in [5.41, 5.74) is 2.72. The Balaban J connectivity index is 1.78. The summed E-state index contributed by atoms with van der Waals surface area (Å²) < 4.78 is 14.7. The summed E-state index contributed by atoms with van der Waals surface area (Å²) >= 11 is 6.40. The Kier molecular flexibility index (Phi) is 4.71. The highest BCUT2D eigenvalue weighted by Crippen LogP contribution is 2.38. The molecule has 0 spiro atoms. The lowest BCUT2D eigenvalue weighted by Crippen LogP contribution is -2.28. The van der Waals surface area contributed by atoms with E-state index in [0.717, 1.165) is 36.2 Å². The SMILES string of the molecule is Cc1nn(C)c(Cl)c1C1CCCN1CC(O)c1ccc(F)cc1. The number of hydrogen-bond acceptors (Lipinski definition) is 3. The minimum absolute atomic E-state index is 0.172. The maximum Gasteiger partial charge on any atom is 0.131 e. The van der Waals surface area contributed by atoms with Gasteiger partial charge in [0.05, 0.1) is 11.8 Å². The molecule has 1 aromatic heterocycles. The lowest BCUT2D eigenvalue weighted by Gasteiger charge is -2.27. The molecule has 2 aromatic rings. The Morgan fingerprint density at radius 2 is 2.09 bits per heavy atom. The fraction of sp³-hybridized carbons (Fsp3) is 0.471. The highest BCUT2D eigenvalue weighted by molar-refractivity contribution is 6.30. The Hall–Kier alpha value is -1.43. The molecule has 1 N–H and O–H groups in total. The Morgan fingerprint density at radius 1 is 1.39 bits per heavy atom. The molecule has 4 nitrogen and oxygen atoms in total. The molecule has 1 saturated heterocycles. The van der Waals surface area contributed by atoms with Gasteiger partial charge in [-0.3, -0.25) is 9.58 Å². The number of halogens is 2. The Morgan fingerprint density at radius 3 is 2.70 bits per heavy atom. The van der Waals surface area contributed by atoms with Crippen LogP contribution in [-0.2, 0) is 7.05 Å². The average Bonchev–Trinajstić information content (AvgIpc) is 3.04. The third-order valence-corrected chi connectivity index (χ3v) is 5.00. The molecule has 2 atom stereocenters. The number of β-amino-alcohol motifs (C(OH)–C–C–N with tert-alkyl or cyclic N) is 1. The van der Waals surface area contributed by atoms with E-state index in [2.05, 4.69) is 10.00 Å². The second-order valence-corrected chi connectivity index (χ2v) is 6.49. The van der Waals surface area contributed by atoms with Crippen LogP contribution in [-0.4, -0.2) is 32.9 Å². The van der Waals surface area contributed by atoms with Crippen molar-refractivity contribution < 1.29 is 9.50 Å². The van der Waals surface area contributed by atoms with Gasteiger partial charge in [-0.25, -0.2) is 4.39 Å². The molecular weight excluding hydrogens is 317 g/mol. The summed E-state index contributed by atoms with van der Waals surface area (Å²) in [6, 6.07) is 6.19. The van der Waals surface area contributed by atoms with E-state index < -0.39 is 6.10 Å². The molecule has 2 unspecified atom stereocenters. The van der Waals surface area contributed by atoms with Gasteiger partial charge in [-0.2, -0.15) is 5.10 Å². The maximum atomic E-state index is 13.0. The number of rotatable bonds is 4. The third-order valence-electron chi connectivity index (χ3n) is 4.56. The molecule has 0 aliphatic carbocycles. The first-order valence-corrected chi connectivity index (χ1v) is 8.21. The number of nitrogens with zero attached hydrogens (tertiary/aromatic N) is 3. The van der Waals surface area contributed by atoms with Crippen LogP contribution in [0.5, 0.6) is 0 Å². The van der Waals surface area contributed by atoms with Crippen LogP contribution in [0.1, 0.15) is 41.8 Å². The first-order chi connectivity index (χ1) is 11.0.